The fraction of sp³-hybridized carbons (Fsp3) is 0.125. The van der Waals surface area contributed by atoms with E-state index in [0.717, 1.165) is 0 Å². The van der Waals surface area contributed by atoms with E-state index < -0.39 is 4.92 Å². The molecule has 1 aromatic rings. The van der Waals surface area contributed by atoms with Gasteiger partial charge in [-0.1, -0.05) is 0 Å². The third-order valence-electron chi connectivity index (χ3n) is 1.55. The van der Waals surface area contributed by atoms with Gasteiger partial charge in [0.1, 0.15) is 5.75 Å². The second kappa shape index (κ2) is 4.15. The van der Waals surface area contributed by atoms with Gasteiger partial charge in [0.05, 0.1) is 18.1 Å². The average Bonchev–Trinajstić information content (AvgIpc) is 2.18. The van der Waals surface area contributed by atoms with Gasteiger partial charge in [-0.2, -0.15) is 4.99 Å². The molecule has 0 radical (unpaired) electrons. The molecular weight excluding hydrogens is 188 g/mol. The zero-order valence-corrected chi connectivity index (χ0v) is 7.26. The minimum absolute atomic E-state index is 0.0363. The van der Waals surface area contributed by atoms with Crippen molar-refractivity contribution in [2.24, 2.45) is 4.99 Å². The Morgan fingerprint density at radius 2 is 2.29 bits per heavy atom. The van der Waals surface area contributed by atoms with E-state index in [1.807, 2.05) is 0 Å². The first-order valence-electron chi connectivity index (χ1n) is 3.59. The van der Waals surface area contributed by atoms with Crippen molar-refractivity contribution >= 4 is 17.5 Å². The Balaban J connectivity index is 3.30. The van der Waals surface area contributed by atoms with Gasteiger partial charge in [0.2, 0.25) is 6.08 Å². The summed E-state index contributed by atoms with van der Waals surface area (Å²) in [5.74, 6) is 0.335. The second-order valence-corrected chi connectivity index (χ2v) is 2.31. The molecule has 0 heterocycles. The van der Waals surface area contributed by atoms with Crippen molar-refractivity contribution in [3.63, 3.8) is 0 Å². The molecule has 6 heteroatoms. The van der Waals surface area contributed by atoms with E-state index in [0.29, 0.717) is 5.75 Å². The Hall–Kier alpha value is -2.20. The molecule has 0 amide bonds. The second-order valence-electron chi connectivity index (χ2n) is 2.31. The lowest BCUT2D eigenvalue weighted by molar-refractivity contribution is -0.384. The van der Waals surface area contributed by atoms with Crippen LogP contribution in [0.1, 0.15) is 0 Å². The molecule has 0 N–H and O–H groups in total. The molecule has 0 aliphatic carbocycles. The number of isocyanates is 1. The van der Waals surface area contributed by atoms with Crippen LogP contribution < -0.4 is 4.74 Å². The van der Waals surface area contributed by atoms with E-state index in [4.69, 9.17) is 4.74 Å². The normalized spacial score (nSPS) is 8.93. The minimum Gasteiger partial charge on any atom is -0.496 e. The Morgan fingerprint density at radius 3 is 2.79 bits per heavy atom. The van der Waals surface area contributed by atoms with Crippen molar-refractivity contribution in [2.45, 2.75) is 0 Å². The molecule has 0 unspecified atom stereocenters. The van der Waals surface area contributed by atoms with Crippen LogP contribution in [0.3, 0.4) is 0 Å². The molecule has 72 valence electrons. The van der Waals surface area contributed by atoms with Crippen molar-refractivity contribution < 1.29 is 14.5 Å². The SMILES string of the molecule is COc1ccc(N=C=O)c([N+](=O)[O-])c1. The highest BCUT2D eigenvalue weighted by atomic mass is 16.6. The lowest BCUT2D eigenvalue weighted by Gasteiger charge is -1.99. The highest BCUT2D eigenvalue weighted by Crippen LogP contribution is 2.30. The monoisotopic (exact) mass is 194 g/mol. The molecule has 0 bridgehead atoms. The van der Waals surface area contributed by atoms with Crippen LogP contribution in [0.2, 0.25) is 0 Å². The molecule has 0 aliphatic rings. The van der Waals surface area contributed by atoms with E-state index in [1.54, 1.807) is 0 Å². The standard InChI is InChI=1S/C8H6N2O4/c1-14-6-2-3-7(9-5-11)8(4-6)10(12)13/h2-4H,1H3. The largest absolute Gasteiger partial charge is 0.496 e. The van der Waals surface area contributed by atoms with Crippen molar-refractivity contribution in [3.05, 3.63) is 28.3 Å². The molecule has 6 nitrogen and oxygen atoms in total. The number of nitro groups is 1. The number of hydrogen-bond donors (Lipinski definition) is 0. The highest BCUT2D eigenvalue weighted by molar-refractivity contribution is 5.63. The zero-order valence-electron chi connectivity index (χ0n) is 7.26. The maximum atomic E-state index is 10.5. The van der Waals surface area contributed by atoms with Crippen molar-refractivity contribution in [1.82, 2.24) is 0 Å². The highest BCUT2D eigenvalue weighted by Gasteiger charge is 2.14. The summed E-state index contributed by atoms with van der Waals surface area (Å²) in [6.07, 6.45) is 1.25. The third-order valence-corrected chi connectivity index (χ3v) is 1.55. The number of nitrogens with zero attached hydrogens (tertiary/aromatic N) is 2. The number of nitro benzene ring substituents is 1. The summed E-state index contributed by atoms with van der Waals surface area (Å²) in [7, 11) is 1.39. The number of rotatable bonds is 3. The fourth-order valence-corrected chi connectivity index (χ4v) is 0.920. The van der Waals surface area contributed by atoms with Gasteiger partial charge in [-0.15, -0.1) is 0 Å². The molecule has 0 aromatic heterocycles. The van der Waals surface area contributed by atoms with Crippen LogP contribution in [-0.4, -0.2) is 18.1 Å². The van der Waals surface area contributed by atoms with E-state index in [9.17, 15) is 14.9 Å². The van der Waals surface area contributed by atoms with E-state index in [1.165, 1.54) is 31.4 Å². The number of methoxy groups -OCH3 is 1. The van der Waals surface area contributed by atoms with Crippen molar-refractivity contribution in [3.8, 4) is 5.75 Å². The maximum Gasteiger partial charge on any atom is 0.299 e. The van der Waals surface area contributed by atoms with E-state index in [-0.39, 0.29) is 11.4 Å². The van der Waals surface area contributed by atoms with Gasteiger partial charge in [-0.05, 0) is 12.1 Å². The van der Waals surface area contributed by atoms with Crippen molar-refractivity contribution in [1.29, 1.82) is 0 Å². The Kier molecular flexibility index (Phi) is 2.93. The Labute approximate surface area is 79.0 Å². The number of ether oxygens (including phenoxy) is 1. The number of carbonyl (C=O) groups excluding carboxylic acids is 1. The van der Waals surface area contributed by atoms with Crippen LogP contribution in [0, 0.1) is 10.1 Å². The number of aliphatic imine (C=N–C) groups is 1. The first kappa shape index (κ1) is 9.88. The predicted molar refractivity (Wildman–Crippen MR) is 47.4 cm³/mol. The van der Waals surface area contributed by atoms with Gasteiger partial charge in [-0.25, -0.2) is 4.79 Å². The zero-order chi connectivity index (χ0) is 10.6. The van der Waals surface area contributed by atoms with Crippen LogP contribution in [0.5, 0.6) is 5.75 Å². The summed E-state index contributed by atoms with van der Waals surface area (Å²) in [4.78, 5) is 23.0. The van der Waals surface area contributed by atoms with Gasteiger partial charge in [0.25, 0.3) is 5.69 Å². The molecule has 0 fully saturated rings. The van der Waals surface area contributed by atoms with Gasteiger partial charge in [0, 0.05) is 0 Å². The lowest BCUT2D eigenvalue weighted by atomic mass is 10.2. The topological polar surface area (TPSA) is 81.8 Å². The molecule has 0 spiro atoms. The van der Waals surface area contributed by atoms with E-state index in [2.05, 4.69) is 4.99 Å². The Bertz CT molecular complexity index is 410. The summed E-state index contributed by atoms with van der Waals surface area (Å²) < 4.78 is 4.79. The van der Waals surface area contributed by atoms with Crippen LogP contribution in [-0.2, 0) is 4.79 Å². The summed E-state index contributed by atoms with van der Waals surface area (Å²) in [5, 5.41) is 10.5. The molecule has 0 aliphatic heterocycles. The summed E-state index contributed by atoms with van der Waals surface area (Å²) >= 11 is 0. The van der Waals surface area contributed by atoms with E-state index >= 15 is 0 Å². The van der Waals surface area contributed by atoms with Crippen LogP contribution in [0.25, 0.3) is 0 Å². The molecule has 1 aromatic carbocycles. The molecule has 0 saturated carbocycles. The fourth-order valence-electron chi connectivity index (χ4n) is 0.920. The first-order chi connectivity index (χ1) is 6.69. The maximum absolute atomic E-state index is 10.5. The smallest absolute Gasteiger partial charge is 0.299 e. The van der Waals surface area contributed by atoms with Crippen LogP contribution >= 0.6 is 0 Å². The lowest BCUT2D eigenvalue weighted by Crippen LogP contribution is -1.90. The number of benzene rings is 1. The summed E-state index contributed by atoms with van der Waals surface area (Å²) in [6.45, 7) is 0. The molecule has 14 heavy (non-hydrogen) atoms. The van der Waals surface area contributed by atoms with Gasteiger partial charge in [-0.3, -0.25) is 10.1 Å². The predicted octanol–water partition coefficient (Wildman–Crippen LogP) is 1.57. The van der Waals surface area contributed by atoms with Crippen LogP contribution in [0.4, 0.5) is 11.4 Å². The number of hydrogen-bond acceptors (Lipinski definition) is 5. The molecular formula is C8H6N2O4. The summed E-state index contributed by atoms with van der Waals surface area (Å²) in [6, 6.07) is 3.99. The van der Waals surface area contributed by atoms with Crippen molar-refractivity contribution in [2.75, 3.05) is 7.11 Å². The Morgan fingerprint density at radius 1 is 1.57 bits per heavy atom. The van der Waals surface area contributed by atoms with Gasteiger partial charge >= 0.3 is 0 Å². The van der Waals surface area contributed by atoms with Gasteiger partial charge in [0.15, 0.2) is 5.69 Å². The summed E-state index contributed by atoms with van der Waals surface area (Å²) in [5.41, 5.74) is -0.321. The third kappa shape index (κ3) is 1.94. The average molecular weight is 194 g/mol. The minimum atomic E-state index is -0.640. The molecule has 0 atom stereocenters. The molecule has 0 saturated heterocycles. The van der Waals surface area contributed by atoms with Gasteiger partial charge < -0.3 is 4.74 Å². The molecule has 1 rings (SSSR count). The quantitative estimate of drug-likeness (QED) is 0.316. The van der Waals surface area contributed by atoms with Crippen LogP contribution in [0.15, 0.2) is 23.2 Å². The first-order valence-corrected chi connectivity index (χ1v) is 3.59.